The summed E-state index contributed by atoms with van der Waals surface area (Å²) in [4.78, 5) is 12.9. The summed E-state index contributed by atoms with van der Waals surface area (Å²) in [5, 5.41) is 2.80. The van der Waals surface area contributed by atoms with Crippen LogP contribution in [0.25, 0.3) is 0 Å². The van der Waals surface area contributed by atoms with Crippen molar-refractivity contribution in [2.24, 2.45) is 5.73 Å². The lowest BCUT2D eigenvalue weighted by molar-refractivity contribution is -0.122. The van der Waals surface area contributed by atoms with E-state index >= 15 is 0 Å². The normalized spacial score (nSPS) is 12.1. The molecule has 94 valence electrons. The standard InChI is InChI=1S/C13H13ClN2OS/c14-11-7-6-10(18-11)8-16-13(17)12(15)9-4-2-1-3-5-9/h1-7,12H,8,15H2,(H,16,17). The molecule has 2 aromatic rings. The van der Waals surface area contributed by atoms with E-state index in [4.69, 9.17) is 17.3 Å². The maximum Gasteiger partial charge on any atom is 0.241 e. The molecule has 3 nitrogen and oxygen atoms in total. The molecular formula is C13H13ClN2OS. The third-order valence-corrected chi connectivity index (χ3v) is 3.74. The molecule has 1 atom stereocenters. The molecule has 0 radical (unpaired) electrons. The molecule has 0 bridgehead atoms. The minimum absolute atomic E-state index is 0.189. The summed E-state index contributed by atoms with van der Waals surface area (Å²) in [7, 11) is 0. The lowest BCUT2D eigenvalue weighted by Crippen LogP contribution is -2.33. The van der Waals surface area contributed by atoms with E-state index in [2.05, 4.69) is 5.32 Å². The van der Waals surface area contributed by atoms with E-state index in [1.165, 1.54) is 11.3 Å². The molecule has 1 amide bonds. The first-order valence-electron chi connectivity index (χ1n) is 5.49. The Morgan fingerprint density at radius 3 is 2.61 bits per heavy atom. The molecule has 3 N–H and O–H groups in total. The van der Waals surface area contributed by atoms with Crippen molar-refractivity contribution < 1.29 is 4.79 Å². The van der Waals surface area contributed by atoms with Gasteiger partial charge < -0.3 is 11.1 Å². The SMILES string of the molecule is NC(C(=O)NCc1ccc(Cl)s1)c1ccccc1. The summed E-state index contributed by atoms with van der Waals surface area (Å²) in [5.41, 5.74) is 6.68. The number of benzene rings is 1. The van der Waals surface area contributed by atoms with Crippen molar-refractivity contribution in [2.45, 2.75) is 12.6 Å². The second-order valence-electron chi connectivity index (χ2n) is 3.81. The van der Waals surface area contributed by atoms with Crippen LogP contribution in [-0.4, -0.2) is 5.91 Å². The zero-order valence-electron chi connectivity index (χ0n) is 9.60. The lowest BCUT2D eigenvalue weighted by Gasteiger charge is -2.11. The van der Waals surface area contributed by atoms with Crippen molar-refractivity contribution in [1.82, 2.24) is 5.32 Å². The Balaban J connectivity index is 1.92. The van der Waals surface area contributed by atoms with Gasteiger partial charge in [-0.1, -0.05) is 41.9 Å². The number of nitrogens with two attached hydrogens (primary N) is 1. The van der Waals surface area contributed by atoms with Crippen LogP contribution in [0.5, 0.6) is 0 Å². The lowest BCUT2D eigenvalue weighted by atomic mass is 10.1. The topological polar surface area (TPSA) is 55.1 Å². The fraction of sp³-hybridized carbons (Fsp3) is 0.154. The highest BCUT2D eigenvalue weighted by Crippen LogP contribution is 2.21. The number of carbonyl (C=O) groups is 1. The summed E-state index contributed by atoms with van der Waals surface area (Å²) in [6.45, 7) is 0.455. The molecule has 0 aliphatic carbocycles. The summed E-state index contributed by atoms with van der Waals surface area (Å²) >= 11 is 7.26. The zero-order valence-corrected chi connectivity index (χ0v) is 11.2. The quantitative estimate of drug-likeness (QED) is 0.905. The van der Waals surface area contributed by atoms with Crippen LogP contribution in [0.3, 0.4) is 0 Å². The van der Waals surface area contributed by atoms with E-state index in [1.807, 2.05) is 42.5 Å². The van der Waals surface area contributed by atoms with Crippen LogP contribution in [0.4, 0.5) is 0 Å². The molecule has 5 heteroatoms. The van der Waals surface area contributed by atoms with E-state index in [1.54, 1.807) is 0 Å². The molecule has 18 heavy (non-hydrogen) atoms. The van der Waals surface area contributed by atoms with E-state index in [0.29, 0.717) is 10.9 Å². The van der Waals surface area contributed by atoms with Gasteiger partial charge in [0.15, 0.2) is 0 Å². The second kappa shape index (κ2) is 6.00. The van der Waals surface area contributed by atoms with Gasteiger partial charge in [-0.2, -0.15) is 0 Å². The number of thiophene rings is 1. The number of nitrogens with one attached hydrogen (secondary N) is 1. The number of amides is 1. The largest absolute Gasteiger partial charge is 0.350 e. The van der Waals surface area contributed by atoms with Crippen LogP contribution in [0.15, 0.2) is 42.5 Å². The summed E-state index contributed by atoms with van der Waals surface area (Å²) in [6, 6.07) is 12.4. The number of hydrogen-bond donors (Lipinski definition) is 2. The van der Waals surface area contributed by atoms with E-state index in [-0.39, 0.29) is 5.91 Å². The first kappa shape index (κ1) is 13.1. The third-order valence-electron chi connectivity index (χ3n) is 2.51. The molecule has 1 aromatic heterocycles. The maximum atomic E-state index is 11.9. The molecule has 0 aliphatic rings. The molecule has 1 heterocycles. The minimum atomic E-state index is -0.637. The monoisotopic (exact) mass is 280 g/mol. The van der Waals surface area contributed by atoms with Crippen molar-refractivity contribution in [2.75, 3.05) is 0 Å². The van der Waals surface area contributed by atoms with Crippen molar-refractivity contribution in [3.8, 4) is 0 Å². The smallest absolute Gasteiger partial charge is 0.241 e. The Morgan fingerprint density at radius 2 is 2.00 bits per heavy atom. The van der Waals surface area contributed by atoms with Crippen LogP contribution >= 0.6 is 22.9 Å². The van der Waals surface area contributed by atoms with Gasteiger partial charge in [0.1, 0.15) is 6.04 Å². The minimum Gasteiger partial charge on any atom is -0.350 e. The molecule has 2 rings (SSSR count). The Kier molecular flexibility index (Phi) is 4.36. The first-order valence-corrected chi connectivity index (χ1v) is 6.68. The van der Waals surface area contributed by atoms with Crippen molar-refractivity contribution in [1.29, 1.82) is 0 Å². The van der Waals surface area contributed by atoms with Gasteiger partial charge in [-0.05, 0) is 17.7 Å². The molecule has 0 aliphatic heterocycles. The first-order chi connectivity index (χ1) is 8.66. The number of rotatable bonds is 4. The number of halogens is 1. The highest BCUT2D eigenvalue weighted by molar-refractivity contribution is 7.16. The zero-order chi connectivity index (χ0) is 13.0. The van der Waals surface area contributed by atoms with Crippen LogP contribution < -0.4 is 11.1 Å². The maximum absolute atomic E-state index is 11.9. The highest BCUT2D eigenvalue weighted by atomic mass is 35.5. The Labute approximate surface area is 115 Å². The molecule has 0 saturated heterocycles. The van der Waals surface area contributed by atoms with Crippen LogP contribution in [0.2, 0.25) is 4.34 Å². The second-order valence-corrected chi connectivity index (χ2v) is 5.61. The van der Waals surface area contributed by atoms with Gasteiger partial charge in [0.05, 0.1) is 10.9 Å². The van der Waals surface area contributed by atoms with E-state index in [9.17, 15) is 4.79 Å². The average molecular weight is 281 g/mol. The fourth-order valence-corrected chi connectivity index (χ4v) is 2.57. The van der Waals surface area contributed by atoms with Crippen LogP contribution in [-0.2, 0) is 11.3 Å². The Morgan fingerprint density at radius 1 is 1.28 bits per heavy atom. The molecule has 0 spiro atoms. The van der Waals surface area contributed by atoms with Crippen LogP contribution in [0.1, 0.15) is 16.5 Å². The van der Waals surface area contributed by atoms with Gasteiger partial charge >= 0.3 is 0 Å². The number of carbonyl (C=O) groups excluding carboxylic acids is 1. The highest BCUT2D eigenvalue weighted by Gasteiger charge is 2.14. The predicted molar refractivity (Wildman–Crippen MR) is 74.5 cm³/mol. The summed E-state index contributed by atoms with van der Waals surface area (Å²) in [5.74, 6) is -0.189. The Hall–Kier alpha value is -1.36. The molecule has 1 unspecified atom stereocenters. The molecule has 0 saturated carbocycles. The van der Waals surface area contributed by atoms with Crippen molar-refractivity contribution in [3.63, 3.8) is 0 Å². The van der Waals surface area contributed by atoms with Gasteiger partial charge in [0, 0.05) is 4.88 Å². The van der Waals surface area contributed by atoms with Gasteiger partial charge in [0.25, 0.3) is 0 Å². The van der Waals surface area contributed by atoms with Crippen molar-refractivity contribution >= 4 is 28.8 Å². The molecule has 0 fully saturated rings. The molecular weight excluding hydrogens is 268 g/mol. The third kappa shape index (κ3) is 3.32. The van der Waals surface area contributed by atoms with Gasteiger partial charge in [0.2, 0.25) is 5.91 Å². The average Bonchev–Trinajstić information content (AvgIpc) is 2.82. The van der Waals surface area contributed by atoms with E-state index in [0.717, 1.165) is 10.4 Å². The summed E-state index contributed by atoms with van der Waals surface area (Å²) in [6.07, 6.45) is 0. The van der Waals surface area contributed by atoms with Crippen LogP contribution in [0, 0.1) is 0 Å². The predicted octanol–water partition coefficient (Wildman–Crippen LogP) is 2.72. The Bertz CT molecular complexity index is 527. The molecule has 1 aromatic carbocycles. The van der Waals surface area contributed by atoms with Gasteiger partial charge in [-0.3, -0.25) is 4.79 Å². The van der Waals surface area contributed by atoms with Crippen molar-refractivity contribution in [3.05, 3.63) is 57.2 Å². The van der Waals surface area contributed by atoms with Gasteiger partial charge in [-0.15, -0.1) is 11.3 Å². The van der Waals surface area contributed by atoms with Gasteiger partial charge in [-0.25, -0.2) is 0 Å². The fourth-order valence-electron chi connectivity index (χ4n) is 1.54. The number of hydrogen-bond acceptors (Lipinski definition) is 3. The van der Waals surface area contributed by atoms with E-state index < -0.39 is 6.04 Å². The summed E-state index contributed by atoms with van der Waals surface area (Å²) < 4.78 is 0.714.